The normalized spacial score (nSPS) is 10.5. The zero-order chi connectivity index (χ0) is 14.2. The van der Waals surface area contributed by atoms with Crippen LogP contribution in [-0.2, 0) is 7.05 Å². The minimum absolute atomic E-state index is 0.140. The van der Waals surface area contributed by atoms with Gasteiger partial charge in [0.25, 0.3) is 0 Å². The summed E-state index contributed by atoms with van der Waals surface area (Å²) < 4.78 is 28.7. The molecule has 100 valence electrons. The van der Waals surface area contributed by atoms with Crippen LogP contribution in [-0.4, -0.2) is 20.9 Å². The number of carbonyl (C=O) groups is 1. The molecule has 0 unspecified atom stereocenters. The number of nitrogens with one attached hydrogen (secondary N) is 1. The maximum Gasteiger partial charge on any atom is 0.338 e. The number of anilines is 2. The van der Waals surface area contributed by atoms with Gasteiger partial charge in [-0.1, -0.05) is 0 Å². The highest BCUT2D eigenvalue weighted by molar-refractivity contribution is 5.88. The van der Waals surface area contributed by atoms with E-state index in [9.17, 15) is 13.6 Å². The fraction of sp³-hybridized carbons (Fsp3) is 0.167. The molecule has 7 heteroatoms. The Morgan fingerprint density at radius 2 is 2.00 bits per heavy atom. The lowest BCUT2D eigenvalue weighted by atomic mass is 10.1. The van der Waals surface area contributed by atoms with Crippen molar-refractivity contribution in [1.29, 1.82) is 0 Å². The molecule has 0 saturated carbocycles. The van der Waals surface area contributed by atoms with Crippen LogP contribution >= 0.6 is 0 Å². The van der Waals surface area contributed by atoms with E-state index in [1.807, 2.05) is 0 Å². The third kappa shape index (κ3) is 2.40. The van der Waals surface area contributed by atoms with Crippen LogP contribution in [0.3, 0.4) is 0 Å². The first-order valence-corrected chi connectivity index (χ1v) is 5.38. The molecule has 0 spiro atoms. The first kappa shape index (κ1) is 13.0. The minimum Gasteiger partial charge on any atom is -0.478 e. The topological polar surface area (TPSA) is 67.2 Å². The number of hydrogen-bond donors (Lipinski definition) is 2. The Bertz CT molecular complexity index is 653. The van der Waals surface area contributed by atoms with Gasteiger partial charge in [-0.3, -0.25) is 4.68 Å². The van der Waals surface area contributed by atoms with Crippen molar-refractivity contribution in [2.24, 2.45) is 7.05 Å². The van der Waals surface area contributed by atoms with Gasteiger partial charge in [-0.05, 0) is 19.1 Å². The van der Waals surface area contributed by atoms with Gasteiger partial charge < -0.3 is 10.4 Å². The van der Waals surface area contributed by atoms with E-state index in [-0.39, 0.29) is 5.69 Å². The smallest absolute Gasteiger partial charge is 0.338 e. The zero-order valence-electron chi connectivity index (χ0n) is 10.2. The van der Waals surface area contributed by atoms with Crippen LogP contribution in [0.15, 0.2) is 18.3 Å². The first-order chi connectivity index (χ1) is 8.90. The standard InChI is InChI=1S/C12H11F2N3O2/c1-6-9(5-17(2)16-6)15-8-4-3-7(12(18)19)10(13)11(8)14/h3-5,15H,1-2H3,(H,18,19). The molecule has 0 atom stereocenters. The van der Waals surface area contributed by atoms with Gasteiger partial charge in [-0.15, -0.1) is 0 Å². The number of rotatable bonds is 3. The number of benzene rings is 1. The summed E-state index contributed by atoms with van der Waals surface area (Å²) in [6, 6.07) is 2.18. The summed E-state index contributed by atoms with van der Waals surface area (Å²) in [4.78, 5) is 10.7. The van der Waals surface area contributed by atoms with Crippen molar-refractivity contribution in [3.63, 3.8) is 0 Å². The molecule has 2 N–H and O–H groups in total. The van der Waals surface area contributed by atoms with Gasteiger partial charge in [-0.2, -0.15) is 5.10 Å². The third-order valence-electron chi connectivity index (χ3n) is 2.60. The fourth-order valence-corrected chi connectivity index (χ4v) is 1.68. The Balaban J connectivity index is 2.39. The van der Waals surface area contributed by atoms with Crippen molar-refractivity contribution in [2.75, 3.05) is 5.32 Å². The van der Waals surface area contributed by atoms with Gasteiger partial charge in [0.15, 0.2) is 11.6 Å². The van der Waals surface area contributed by atoms with Crippen LogP contribution in [0.1, 0.15) is 16.1 Å². The molecule has 1 aromatic carbocycles. The van der Waals surface area contributed by atoms with Crippen molar-refractivity contribution in [3.05, 3.63) is 41.2 Å². The molecule has 1 heterocycles. The second-order valence-electron chi connectivity index (χ2n) is 4.02. The van der Waals surface area contributed by atoms with Crippen molar-refractivity contribution < 1.29 is 18.7 Å². The molecule has 19 heavy (non-hydrogen) atoms. The third-order valence-corrected chi connectivity index (χ3v) is 2.60. The predicted molar refractivity (Wildman–Crippen MR) is 64.5 cm³/mol. The van der Waals surface area contributed by atoms with E-state index in [1.165, 1.54) is 10.7 Å². The highest BCUT2D eigenvalue weighted by Gasteiger charge is 2.18. The number of aromatic nitrogens is 2. The molecular formula is C12H11F2N3O2. The molecule has 2 aromatic rings. The second-order valence-corrected chi connectivity index (χ2v) is 4.02. The van der Waals surface area contributed by atoms with Gasteiger partial charge in [0.05, 0.1) is 22.6 Å². The van der Waals surface area contributed by atoms with Crippen LogP contribution < -0.4 is 5.32 Å². The number of aryl methyl sites for hydroxylation is 2. The van der Waals surface area contributed by atoms with Crippen LogP contribution in [0.2, 0.25) is 0 Å². The number of hydrogen-bond acceptors (Lipinski definition) is 3. The van der Waals surface area contributed by atoms with Gasteiger partial charge in [0.2, 0.25) is 0 Å². The van der Waals surface area contributed by atoms with E-state index < -0.39 is 23.2 Å². The Hall–Kier alpha value is -2.44. The van der Waals surface area contributed by atoms with E-state index in [4.69, 9.17) is 5.11 Å². The summed E-state index contributed by atoms with van der Waals surface area (Å²) in [5.74, 6) is -4.14. The van der Waals surface area contributed by atoms with Crippen LogP contribution in [0, 0.1) is 18.6 Å². The van der Waals surface area contributed by atoms with E-state index >= 15 is 0 Å². The molecule has 0 aliphatic rings. The molecule has 0 fully saturated rings. The van der Waals surface area contributed by atoms with E-state index in [0.717, 1.165) is 6.07 Å². The summed E-state index contributed by atoms with van der Waals surface area (Å²) in [5.41, 5.74) is 0.290. The SMILES string of the molecule is Cc1nn(C)cc1Nc1ccc(C(=O)O)c(F)c1F. The molecule has 5 nitrogen and oxygen atoms in total. The Morgan fingerprint density at radius 1 is 1.32 bits per heavy atom. The minimum atomic E-state index is -1.51. The van der Waals surface area contributed by atoms with Crippen LogP contribution in [0.4, 0.5) is 20.2 Å². The van der Waals surface area contributed by atoms with Gasteiger partial charge in [0.1, 0.15) is 0 Å². The maximum atomic E-state index is 13.7. The molecule has 0 amide bonds. The highest BCUT2D eigenvalue weighted by atomic mass is 19.2. The summed E-state index contributed by atoms with van der Waals surface area (Å²) in [5, 5.41) is 15.4. The van der Waals surface area contributed by atoms with E-state index in [2.05, 4.69) is 10.4 Å². The molecule has 2 rings (SSSR count). The van der Waals surface area contributed by atoms with Crippen molar-refractivity contribution >= 4 is 17.3 Å². The molecule has 0 radical (unpaired) electrons. The molecular weight excluding hydrogens is 256 g/mol. The zero-order valence-corrected chi connectivity index (χ0v) is 10.2. The molecule has 0 bridgehead atoms. The number of nitrogens with zero attached hydrogens (tertiary/aromatic N) is 2. The van der Waals surface area contributed by atoms with Gasteiger partial charge >= 0.3 is 5.97 Å². The van der Waals surface area contributed by atoms with Crippen molar-refractivity contribution in [2.45, 2.75) is 6.92 Å². The average molecular weight is 267 g/mol. The van der Waals surface area contributed by atoms with Crippen molar-refractivity contribution in [3.8, 4) is 0 Å². The number of carboxylic acid groups (broad SMARTS) is 1. The molecule has 0 aliphatic heterocycles. The Kier molecular flexibility index (Phi) is 3.20. The largest absolute Gasteiger partial charge is 0.478 e. The average Bonchev–Trinajstić information content (AvgIpc) is 2.63. The second kappa shape index (κ2) is 4.68. The lowest BCUT2D eigenvalue weighted by Gasteiger charge is -2.08. The Labute approximate surface area is 107 Å². The van der Waals surface area contributed by atoms with Gasteiger partial charge in [0, 0.05) is 13.2 Å². The molecule has 0 aliphatic carbocycles. The van der Waals surface area contributed by atoms with Crippen LogP contribution in [0.25, 0.3) is 0 Å². The van der Waals surface area contributed by atoms with Crippen molar-refractivity contribution in [1.82, 2.24) is 9.78 Å². The molecule has 0 saturated heterocycles. The van der Waals surface area contributed by atoms with E-state index in [1.54, 1.807) is 20.2 Å². The summed E-state index contributed by atoms with van der Waals surface area (Å²) >= 11 is 0. The fourth-order valence-electron chi connectivity index (χ4n) is 1.68. The number of halogens is 2. The van der Waals surface area contributed by atoms with Crippen LogP contribution in [0.5, 0.6) is 0 Å². The lowest BCUT2D eigenvalue weighted by Crippen LogP contribution is -2.05. The summed E-state index contributed by atoms with van der Waals surface area (Å²) in [6.07, 6.45) is 1.61. The lowest BCUT2D eigenvalue weighted by molar-refractivity contribution is 0.0690. The maximum absolute atomic E-state index is 13.7. The number of carboxylic acids is 1. The quantitative estimate of drug-likeness (QED) is 0.896. The molecule has 1 aromatic heterocycles. The van der Waals surface area contributed by atoms with E-state index in [0.29, 0.717) is 11.4 Å². The summed E-state index contributed by atoms with van der Waals surface area (Å²) in [6.45, 7) is 1.71. The highest BCUT2D eigenvalue weighted by Crippen LogP contribution is 2.25. The first-order valence-electron chi connectivity index (χ1n) is 5.38. The Morgan fingerprint density at radius 3 is 2.53 bits per heavy atom. The predicted octanol–water partition coefficient (Wildman–Crippen LogP) is 2.45. The summed E-state index contributed by atoms with van der Waals surface area (Å²) in [7, 11) is 1.70. The number of aromatic carboxylic acids is 1. The monoisotopic (exact) mass is 267 g/mol. The van der Waals surface area contributed by atoms with Gasteiger partial charge in [-0.25, -0.2) is 13.6 Å².